The van der Waals surface area contributed by atoms with Crippen LogP contribution in [0.15, 0.2) is 42.5 Å². The van der Waals surface area contributed by atoms with Crippen LogP contribution < -0.4 is 15.8 Å². The van der Waals surface area contributed by atoms with Gasteiger partial charge in [0.25, 0.3) is 0 Å². The van der Waals surface area contributed by atoms with E-state index in [1.165, 1.54) is 7.11 Å². The van der Waals surface area contributed by atoms with Gasteiger partial charge in [0, 0.05) is 43.1 Å². The number of para-hydroxylation sites is 1. The lowest BCUT2D eigenvalue weighted by molar-refractivity contribution is -0.141. The minimum atomic E-state index is -1.41. The van der Waals surface area contributed by atoms with Crippen LogP contribution in [-0.2, 0) is 15.1 Å². The molecule has 2 aromatic carbocycles. The number of nitrogens with one attached hydrogen (secondary N) is 1. The van der Waals surface area contributed by atoms with E-state index in [0.717, 1.165) is 12.0 Å². The zero-order valence-electron chi connectivity index (χ0n) is 23.1. The molecule has 1 unspecified atom stereocenters. The first-order valence-corrected chi connectivity index (χ1v) is 14.3. The zero-order valence-corrected chi connectivity index (χ0v) is 23.9. The lowest BCUT2D eigenvalue weighted by Crippen LogP contribution is -2.49. The van der Waals surface area contributed by atoms with E-state index in [1.54, 1.807) is 17.0 Å². The Kier molecular flexibility index (Phi) is 9.94. The molecule has 2 aliphatic rings. The molecule has 5 atom stereocenters. The highest BCUT2D eigenvalue weighted by molar-refractivity contribution is 6.32. The molecule has 0 radical (unpaired) electrons. The number of benzene rings is 2. The Morgan fingerprint density at radius 1 is 1.23 bits per heavy atom. The summed E-state index contributed by atoms with van der Waals surface area (Å²) in [5, 5.41) is 25.7. The minimum absolute atomic E-state index is 0.0336. The highest BCUT2D eigenvalue weighted by Gasteiger charge is 2.45. The van der Waals surface area contributed by atoms with Crippen molar-refractivity contribution in [3.8, 4) is 11.5 Å². The topological polar surface area (TPSA) is 134 Å². The van der Waals surface area contributed by atoms with Crippen molar-refractivity contribution >= 4 is 23.6 Å². The number of alkyl carbamates (subject to hydrolysis) is 1. The number of ether oxygens (including phenoxy) is 2. The number of nitrogens with zero attached hydrogens (tertiary/aromatic N) is 1. The van der Waals surface area contributed by atoms with Gasteiger partial charge in [0.1, 0.15) is 5.75 Å². The molecule has 0 aromatic heterocycles. The third-order valence-corrected chi connectivity index (χ3v) is 8.46. The van der Waals surface area contributed by atoms with E-state index in [4.69, 9.17) is 22.1 Å². The van der Waals surface area contributed by atoms with Crippen molar-refractivity contribution in [1.82, 2.24) is 10.2 Å². The van der Waals surface area contributed by atoms with E-state index >= 15 is 0 Å². The lowest BCUT2D eigenvalue weighted by atomic mass is 9.73. The standard InChI is InChI=1S/C30H40ClN3O6/c1-19-7-3-9-22(15-19)40-27-23(10-4-11-24(27)31)30(38,12-6-13-33-29(37)39-2)21-8-5-14-34(18-21)28(36)20-16-25(32)26(35)17-20/h3-4,7,9-11,15,20-21,25-26,35,38H,5-6,8,12-14,16-18,32H2,1-2H3,(H,33,37)/t20-,21+,25+,26-,30?/m0/s1. The van der Waals surface area contributed by atoms with Gasteiger partial charge in [-0.1, -0.05) is 35.9 Å². The number of aryl methyl sites for hydroxylation is 1. The van der Waals surface area contributed by atoms with Crippen LogP contribution in [-0.4, -0.2) is 66.0 Å². The van der Waals surface area contributed by atoms with Gasteiger partial charge in [0.15, 0.2) is 5.75 Å². The smallest absolute Gasteiger partial charge is 0.406 e. The number of piperidine rings is 1. The number of aliphatic hydroxyl groups is 2. The van der Waals surface area contributed by atoms with Gasteiger partial charge in [0.05, 0.1) is 23.8 Å². The van der Waals surface area contributed by atoms with E-state index in [0.29, 0.717) is 73.8 Å². The molecular weight excluding hydrogens is 534 g/mol. The zero-order chi connectivity index (χ0) is 28.9. The van der Waals surface area contributed by atoms with Crippen LogP contribution in [0.3, 0.4) is 0 Å². The Balaban J connectivity index is 1.64. The van der Waals surface area contributed by atoms with Gasteiger partial charge >= 0.3 is 6.09 Å². The number of hydrogen-bond donors (Lipinski definition) is 4. The summed E-state index contributed by atoms with van der Waals surface area (Å²) in [5.41, 5.74) is 6.14. The Morgan fingerprint density at radius 2 is 2.00 bits per heavy atom. The summed E-state index contributed by atoms with van der Waals surface area (Å²) >= 11 is 6.67. The summed E-state index contributed by atoms with van der Waals surface area (Å²) in [6, 6.07) is 12.5. The van der Waals surface area contributed by atoms with Crippen molar-refractivity contribution in [1.29, 1.82) is 0 Å². The number of hydrogen-bond acceptors (Lipinski definition) is 7. The van der Waals surface area contributed by atoms with E-state index in [9.17, 15) is 19.8 Å². The number of nitrogens with two attached hydrogens (primary N) is 1. The molecule has 2 amide bonds. The largest absolute Gasteiger partial charge is 0.455 e. The van der Waals surface area contributed by atoms with Gasteiger partial charge in [0.2, 0.25) is 5.91 Å². The number of rotatable bonds is 9. The number of halogens is 1. The van der Waals surface area contributed by atoms with Crippen molar-refractivity contribution in [2.75, 3.05) is 26.7 Å². The number of likely N-dealkylation sites (tertiary alicyclic amines) is 1. The predicted octanol–water partition coefficient (Wildman–Crippen LogP) is 4.10. The molecule has 1 heterocycles. The second-order valence-electron chi connectivity index (χ2n) is 11.0. The van der Waals surface area contributed by atoms with Crippen LogP contribution in [0.4, 0.5) is 4.79 Å². The summed E-state index contributed by atoms with van der Waals surface area (Å²) in [4.78, 5) is 26.9. The van der Waals surface area contributed by atoms with Crippen molar-refractivity contribution in [3.63, 3.8) is 0 Å². The Hall–Kier alpha value is -2.85. The molecule has 9 nitrogen and oxygen atoms in total. The number of amides is 2. The fraction of sp³-hybridized carbons (Fsp3) is 0.533. The van der Waals surface area contributed by atoms with Gasteiger partial charge in [-0.3, -0.25) is 4.79 Å². The van der Waals surface area contributed by atoms with Gasteiger partial charge in [-0.05, 0) is 69.2 Å². The normalized spacial score (nSPS) is 24.3. The Labute approximate surface area is 240 Å². The highest BCUT2D eigenvalue weighted by atomic mass is 35.5. The Bertz CT molecular complexity index is 1190. The van der Waals surface area contributed by atoms with Gasteiger partial charge in [-0.2, -0.15) is 0 Å². The summed E-state index contributed by atoms with van der Waals surface area (Å²) < 4.78 is 11.0. The molecule has 2 fully saturated rings. The number of carbonyl (C=O) groups is 2. The monoisotopic (exact) mass is 573 g/mol. The maximum atomic E-state index is 13.4. The second-order valence-corrected chi connectivity index (χ2v) is 11.4. The average Bonchev–Trinajstić information content (AvgIpc) is 3.29. The Morgan fingerprint density at radius 3 is 2.70 bits per heavy atom. The van der Waals surface area contributed by atoms with Gasteiger partial charge in [-0.25, -0.2) is 4.79 Å². The SMILES string of the molecule is COC(=O)NCCCC(O)(c1cccc(Cl)c1Oc1cccc(C)c1)[C@@H]1CCCN(C(=O)[C@H]2C[C@@H](N)[C@@H](O)C2)C1. The van der Waals surface area contributed by atoms with Gasteiger partial charge < -0.3 is 35.6 Å². The number of methoxy groups -OCH3 is 1. The molecule has 1 aliphatic carbocycles. The van der Waals surface area contributed by atoms with Crippen LogP contribution >= 0.6 is 11.6 Å². The second kappa shape index (κ2) is 13.2. The molecule has 5 N–H and O–H groups in total. The van der Waals surface area contributed by atoms with Crippen molar-refractivity contribution in [2.45, 2.75) is 63.2 Å². The summed E-state index contributed by atoms with van der Waals surface area (Å²) in [6.45, 7) is 3.20. The van der Waals surface area contributed by atoms with Crippen LogP contribution in [0.1, 0.15) is 49.7 Å². The molecule has 1 saturated carbocycles. The van der Waals surface area contributed by atoms with Crippen LogP contribution in [0.2, 0.25) is 5.02 Å². The fourth-order valence-corrected chi connectivity index (χ4v) is 6.22. The summed E-state index contributed by atoms with van der Waals surface area (Å²) in [5.74, 6) is 0.287. The molecule has 0 spiro atoms. The van der Waals surface area contributed by atoms with Crippen molar-refractivity contribution < 1.29 is 29.3 Å². The van der Waals surface area contributed by atoms with Gasteiger partial charge in [-0.15, -0.1) is 0 Å². The van der Waals surface area contributed by atoms with E-state index in [-0.39, 0.29) is 17.7 Å². The van der Waals surface area contributed by atoms with Crippen LogP contribution in [0.5, 0.6) is 11.5 Å². The first-order chi connectivity index (χ1) is 19.1. The maximum absolute atomic E-state index is 13.4. The third kappa shape index (κ3) is 6.89. The average molecular weight is 574 g/mol. The van der Waals surface area contributed by atoms with E-state index in [2.05, 4.69) is 10.1 Å². The molecule has 0 bridgehead atoms. The number of aliphatic hydroxyl groups excluding tert-OH is 1. The van der Waals surface area contributed by atoms with Crippen LogP contribution in [0, 0.1) is 18.8 Å². The highest BCUT2D eigenvalue weighted by Crippen LogP contribution is 2.47. The molecule has 4 rings (SSSR count). The van der Waals surface area contributed by atoms with Crippen molar-refractivity contribution in [3.05, 3.63) is 58.6 Å². The lowest BCUT2D eigenvalue weighted by Gasteiger charge is -2.44. The summed E-state index contributed by atoms with van der Waals surface area (Å²) in [6.07, 6.45) is 1.74. The summed E-state index contributed by atoms with van der Waals surface area (Å²) in [7, 11) is 1.30. The predicted molar refractivity (Wildman–Crippen MR) is 152 cm³/mol. The molecular formula is C30H40ClN3O6. The first-order valence-electron chi connectivity index (χ1n) is 13.9. The molecule has 1 aliphatic heterocycles. The molecule has 40 heavy (non-hydrogen) atoms. The quantitative estimate of drug-likeness (QED) is 0.332. The number of carbonyl (C=O) groups excluding carboxylic acids is 2. The maximum Gasteiger partial charge on any atom is 0.406 e. The molecule has 10 heteroatoms. The van der Waals surface area contributed by atoms with E-state index < -0.39 is 23.8 Å². The molecule has 218 valence electrons. The third-order valence-electron chi connectivity index (χ3n) is 8.17. The molecule has 2 aromatic rings. The van der Waals surface area contributed by atoms with Crippen molar-refractivity contribution in [2.24, 2.45) is 17.6 Å². The van der Waals surface area contributed by atoms with Crippen LogP contribution in [0.25, 0.3) is 0 Å². The van der Waals surface area contributed by atoms with E-state index in [1.807, 2.05) is 37.3 Å². The fourth-order valence-electron chi connectivity index (χ4n) is 6.00. The first kappa shape index (κ1) is 30.1. The minimum Gasteiger partial charge on any atom is -0.455 e. The molecule has 1 saturated heterocycles.